The Morgan fingerprint density at radius 1 is 0.960 bits per heavy atom. The van der Waals surface area contributed by atoms with Crippen molar-refractivity contribution in [3.8, 4) is 0 Å². The molecular weight excluding hydrogens is 316 g/mol. The summed E-state index contributed by atoms with van der Waals surface area (Å²) in [5, 5.41) is 5.84. The van der Waals surface area contributed by atoms with Crippen LogP contribution in [0.25, 0.3) is 0 Å². The van der Waals surface area contributed by atoms with Gasteiger partial charge < -0.3 is 10.2 Å². The van der Waals surface area contributed by atoms with E-state index in [0.717, 1.165) is 63.2 Å². The summed E-state index contributed by atoms with van der Waals surface area (Å²) in [6, 6.07) is -0.538. The summed E-state index contributed by atoms with van der Waals surface area (Å²) < 4.78 is 0. The minimum Gasteiger partial charge on any atom is -0.332 e. The lowest BCUT2D eigenvalue weighted by molar-refractivity contribution is -0.125. The normalized spacial score (nSPS) is 39.2. The van der Waals surface area contributed by atoms with Gasteiger partial charge >= 0.3 is 6.03 Å². The van der Waals surface area contributed by atoms with Crippen molar-refractivity contribution in [1.29, 1.82) is 0 Å². The number of amides is 3. The first-order valence-electron chi connectivity index (χ1n) is 9.98. The van der Waals surface area contributed by atoms with Crippen molar-refractivity contribution < 1.29 is 9.59 Å². The van der Waals surface area contributed by atoms with E-state index in [1.807, 2.05) is 6.92 Å². The Hall–Kier alpha value is -1.14. The average Bonchev–Trinajstić information content (AvgIpc) is 2.52. The van der Waals surface area contributed by atoms with Crippen LogP contribution in [-0.4, -0.2) is 66.5 Å². The number of carbonyl (C=O) groups excluding carboxylic acids is 2. The number of rotatable bonds is 3. The predicted octanol–water partition coefficient (Wildman–Crippen LogP) is 1.42. The van der Waals surface area contributed by atoms with E-state index in [9.17, 15) is 9.59 Å². The van der Waals surface area contributed by atoms with Crippen molar-refractivity contribution in [3.63, 3.8) is 0 Å². The van der Waals surface area contributed by atoms with Crippen LogP contribution in [0.1, 0.15) is 45.4 Å². The maximum absolute atomic E-state index is 12.5. The van der Waals surface area contributed by atoms with Gasteiger partial charge in [-0.3, -0.25) is 15.0 Å². The molecule has 0 aromatic heterocycles. The molecule has 2 N–H and O–H groups in total. The average molecular weight is 348 g/mol. The van der Waals surface area contributed by atoms with E-state index in [2.05, 4.69) is 27.5 Å². The Labute approximate surface area is 150 Å². The van der Waals surface area contributed by atoms with Crippen LogP contribution in [0, 0.1) is 17.8 Å². The monoisotopic (exact) mass is 348 g/mol. The molecule has 0 unspecified atom stereocenters. The quantitative estimate of drug-likeness (QED) is 0.810. The number of nitrogens with one attached hydrogen (secondary N) is 2. The lowest BCUT2D eigenvalue weighted by atomic mass is 9.53. The van der Waals surface area contributed by atoms with Gasteiger partial charge in [-0.15, -0.1) is 0 Å². The van der Waals surface area contributed by atoms with Crippen LogP contribution < -0.4 is 10.6 Å². The first-order chi connectivity index (χ1) is 11.9. The molecule has 4 saturated carbocycles. The molecule has 5 aliphatic rings. The molecular formula is C19H32N4O2. The number of nitrogens with zero attached hydrogens (tertiary/aromatic N) is 2. The molecule has 5 fully saturated rings. The molecule has 0 radical (unpaired) electrons. The van der Waals surface area contributed by atoms with Gasteiger partial charge in [-0.1, -0.05) is 0 Å². The number of hydrogen-bond donors (Lipinski definition) is 2. The molecule has 4 aliphatic carbocycles. The van der Waals surface area contributed by atoms with Crippen molar-refractivity contribution >= 4 is 11.9 Å². The first-order valence-corrected chi connectivity index (χ1v) is 9.98. The zero-order valence-electron chi connectivity index (χ0n) is 15.6. The van der Waals surface area contributed by atoms with Crippen LogP contribution in [0.15, 0.2) is 0 Å². The molecule has 1 aliphatic heterocycles. The number of hydrogen-bond acceptors (Lipinski definition) is 4. The van der Waals surface area contributed by atoms with E-state index >= 15 is 0 Å². The Kier molecular flexibility index (Phi) is 4.52. The highest BCUT2D eigenvalue weighted by atomic mass is 16.2. The van der Waals surface area contributed by atoms with E-state index < -0.39 is 0 Å². The van der Waals surface area contributed by atoms with Crippen molar-refractivity contribution in [2.45, 2.75) is 57.0 Å². The second-order valence-electron chi connectivity index (χ2n) is 9.16. The minimum absolute atomic E-state index is 0.0454. The Morgan fingerprint density at radius 3 is 2.00 bits per heavy atom. The van der Waals surface area contributed by atoms with Gasteiger partial charge in [-0.2, -0.15) is 0 Å². The fourth-order valence-corrected chi connectivity index (χ4v) is 6.13. The van der Waals surface area contributed by atoms with Gasteiger partial charge in [0, 0.05) is 31.7 Å². The van der Waals surface area contributed by atoms with Crippen molar-refractivity contribution in [2.75, 3.05) is 33.2 Å². The third kappa shape index (κ3) is 3.56. The molecule has 6 heteroatoms. The van der Waals surface area contributed by atoms with Crippen LogP contribution in [0.4, 0.5) is 4.79 Å². The van der Waals surface area contributed by atoms with E-state index in [4.69, 9.17) is 0 Å². The number of urea groups is 1. The zero-order chi connectivity index (χ0) is 17.6. The van der Waals surface area contributed by atoms with Gasteiger partial charge in [0.2, 0.25) is 5.91 Å². The van der Waals surface area contributed by atoms with Crippen LogP contribution in [0.3, 0.4) is 0 Å². The van der Waals surface area contributed by atoms with E-state index in [1.165, 1.54) is 19.3 Å². The van der Waals surface area contributed by atoms with E-state index in [-0.39, 0.29) is 23.5 Å². The first kappa shape index (κ1) is 17.3. The fraction of sp³-hybridized carbons (Fsp3) is 0.895. The molecule has 0 aromatic carbocycles. The molecule has 1 heterocycles. The number of piperazine rings is 1. The van der Waals surface area contributed by atoms with Gasteiger partial charge in [-0.25, -0.2) is 4.79 Å². The zero-order valence-corrected chi connectivity index (χ0v) is 15.6. The van der Waals surface area contributed by atoms with Gasteiger partial charge in [0.15, 0.2) is 0 Å². The Bertz CT molecular complexity index is 506. The summed E-state index contributed by atoms with van der Waals surface area (Å²) in [7, 11) is 2.10. The van der Waals surface area contributed by atoms with Gasteiger partial charge in [0.25, 0.3) is 0 Å². The van der Waals surface area contributed by atoms with Crippen LogP contribution >= 0.6 is 0 Å². The van der Waals surface area contributed by atoms with E-state index in [0.29, 0.717) is 0 Å². The number of likely N-dealkylation sites (N-methyl/N-ethyl adjacent to an activating group) is 1. The van der Waals surface area contributed by atoms with Crippen molar-refractivity contribution in [2.24, 2.45) is 17.8 Å². The van der Waals surface area contributed by atoms with Crippen molar-refractivity contribution in [3.05, 3.63) is 0 Å². The van der Waals surface area contributed by atoms with E-state index in [1.54, 1.807) is 0 Å². The Morgan fingerprint density at radius 2 is 1.48 bits per heavy atom. The fourth-order valence-electron chi connectivity index (χ4n) is 6.13. The molecule has 3 amide bonds. The summed E-state index contributed by atoms with van der Waals surface area (Å²) in [4.78, 5) is 29.4. The molecule has 1 atom stereocenters. The highest BCUT2D eigenvalue weighted by Crippen LogP contribution is 2.55. The lowest BCUT2D eigenvalue weighted by Crippen LogP contribution is -2.63. The Balaban J connectivity index is 1.31. The summed E-state index contributed by atoms with van der Waals surface area (Å²) >= 11 is 0. The van der Waals surface area contributed by atoms with Gasteiger partial charge in [0.1, 0.15) is 0 Å². The highest BCUT2D eigenvalue weighted by Gasteiger charge is 2.51. The standard InChI is InChI=1S/C19H32N4O2/c1-13(23-5-3-22(2)4-6-23)17(24)20-18(25)21-19-10-14-7-15(11-19)9-16(8-14)12-19/h13-16H,3-12H2,1-2H3,(H2,20,21,24,25)/t13-,14?,15?,16?,19?/m1/s1. The maximum Gasteiger partial charge on any atom is 0.321 e. The van der Waals surface area contributed by atoms with Gasteiger partial charge in [-0.05, 0) is 70.3 Å². The summed E-state index contributed by atoms with van der Waals surface area (Å²) in [5.74, 6) is 2.18. The molecule has 5 rings (SSSR count). The van der Waals surface area contributed by atoms with Gasteiger partial charge in [0.05, 0.1) is 6.04 Å². The van der Waals surface area contributed by atoms with Crippen LogP contribution in [0.2, 0.25) is 0 Å². The molecule has 140 valence electrons. The highest BCUT2D eigenvalue weighted by molar-refractivity contribution is 5.97. The SMILES string of the molecule is C[C@H](C(=O)NC(=O)NC12CC3CC(CC(C3)C1)C2)N1CCN(C)CC1. The third-order valence-electron chi connectivity index (χ3n) is 7.12. The molecule has 4 bridgehead atoms. The topological polar surface area (TPSA) is 64.7 Å². The largest absolute Gasteiger partial charge is 0.332 e. The van der Waals surface area contributed by atoms with Crippen LogP contribution in [-0.2, 0) is 4.79 Å². The van der Waals surface area contributed by atoms with Crippen molar-refractivity contribution in [1.82, 2.24) is 20.4 Å². The lowest BCUT2D eigenvalue weighted by Gasteiger charge is -2.56. The minimum atomic E-state index is -0.284. The predicted molar refractivity (Wildman–Crippen MR) is 96.1 cm³/mol. The molecule has 0 aromatic rings. The smallest absolute Gasteiger partial charge is 0.321 e. The summed E-state index contributed by atoms with van der Waals surface area (Å²) in [6.07, 6.45) is 7.36. The number of carbonyl (C=O) groups is 2. The molecule has 0 spiro atoms. The third-order valence-corrected chi connectivity index (χ3v) is 7.12. The van der Waals surface area contributed by atoms with Crippen LogP contribution in [0.5, 0.6) is 0 Å². The maximum atomic E-state index is 12.5. The molecule has 25 heavy (non-hydrogen) atoms. The summed E-state index contributed by atoms with van der Waals surface area (Å²) in [5.41, 5.74) is -0.0454. The number of imide groups is 1. The second-order valence-corrected chi connectivity index (χ2v) is 9.16. The molecule has 6 nitrogen and oxygen atoms in total. The summed E-state index contributed by atoms with van der Waals surface area (Å²) in [6.45, 7) is 5.59. The molecule has 1 saturated heterocycles. The second kappa shape index (κ2) is 6.54.